The van der Waals surface area contributed by atoms with Gasteiger partial charge in [0.2, 0.25) is 0 Å². The highest BCUT2D eigenvalue weighted by Gasteiger charge is 2.38. The van der Waals surface area contributed by atoms with Gasteiger partial charge in [0, 0.05) is 24.7 Å². The van der Waals surface area contributed by atoms with Gasteiger partial charge in [-0.1, -0.05) is 0 Å². The number of fused-ring (bicyclic) bond motifs is 1. The van der Waals surface area contributed by atoms with Crippen molar-refractivity contribution in [2.45, 2.75) is 38.9 Å². The van der Waals surface area contributed by atoms with Gasteiger partial charge in [0.15, 0.2) is 0 Å². The van der Waals surface area contributed by atoms with E-state index in [-0.39, 0.29) is 11.2 Å². The standard InChI is InChI=1S/C17H23N3O/c1-16(2)10-20(11-17(3,4)21-16)14-8-7-13-12(15(14)18)6-5-9-19-13/h5-9H,10-11,18H2,1-4H3. The lowest BCUT2D eigenvalue weighted by molar-refractivity contribution is -0.133. The Kier molecular flexibility index (Phi) is 3.10. The number of hydrogen-bond acceptors (Lipinski definition) is 4. The third kappa shape index (κ3) is 2.68. The smallest absolute Gasteiger partial charge is 0.0808 e. The number of aromatic nitrogens is 1. The molecule has 112 valence electrons. The molecule has 4 heteroatoms. The maximum atomic E-state index is 6.40. The van der Waals surface area contributed by atoms with Gasteiger partial charge < -0.3 is 15.4 Å². The van der Waals surface area contributed by atoms with Gasteiger partial charge in [-0.25, -0.2) is 0 Å². The SMILES string of the molecule is CC1(C)CN(c2ccc3ncccc3c2N)CC(C)(C)O1. The van der Waals surface area contributed by atoms with E-state index in [4.69, 9.17) is 10.5 Å². The Morgan fingerprint density at radius 3 is 2.43 bits per heavy atom. The fraction of sp³-hybridized carbons (Fsp3) is 0.471. The monoisotopic (exact) mass is 285 g/mol. The van der Waals surface area contributed by atoms with Crippen molar-refractivity contribution in [3.8, 4) is 0 Å². The Labute approximate surface area is 125 Å². The molecule has 3 rings (SSSR count). The lowest BCUT2D eigenvalue weighted by atomic mass is 9.97. The minimum absolute atomic E-state index is 0.196. The van der Waals surface area contributed by atoms with Crippen LogP contribution in [0.25, 0.3) is 10.9 Å². The second-order valence-corrected chi connectivity index (χ2v) is 7.05. The second-order valence-electron chi connectivity index (χ2n) is 7.05. The molecule has 0 amide bonds. The van der Waals surface area contributed by atoms with Crippen molar-refractivity contribution in [3.05, 3.63) is 30.5 Å². The van der Waals surface area contributed by atoms with Crippen molar-refractivity contribution in [2.75, 3.05) is 23.7 Å². The van der Waals surface area contributed by atoms with Gasteiger partial charge in [0.1, 0.15) is 0 Å². The van der Waals surface area contributed by atoms with Crippen molar-refractivity contribution < 1.29 is 4.74 Å². The van der Waals surface area contributed by atoms with E-state index >= 15 is 0 Å². The molecule has 4 nitrogen and oxygen atoms in total. The first kappa shape index (κ1) is 14.1. The molecule has 0 radical (unpaired) electrons. The van der Waals surface area contributed by atoms with Crippen molar-refractivity contribution >= 4 is 22.3 Å². The van der Waals surface area contributed by atoms with Crippen molar-refractivity contribution in [1.82, 2.24) is 4.98 Å². The van der Waals surface area contributed by atoms with Crippen LogP contribution in [0.3, 0.4) is 0 Å². The van der Waals surface area contributed by atoms with Gasteiger partial charge in [-0.2, -0.15) is 0 Å². The van der Waals surface area contributed by atoms with Crippen LogP contribution < -0.4 is 10.6 Å². The number of pyridine rings is 1. The molecule has 1 aliphatic rings. The average molecular weight is 285 g/mol. The summed E-state index contributed by atoms with van der Waals surface area (Å²) >= 11 is 0. The zero-order valence-electron chi connectivity index (χ0n) is 13.2. The van der Waals surface area contributed by atoms with E-state index in [2.05, 4.69) is 43.6 Å². The fourth-order valence-corrected chi connectivity index (χ4v) is 3.40. The number of hydrogen-bond donors (Lipinski definition) is 1. The molecule has 0 aliphatic carbocycles. The Balaban J connectivity index is 2.06. The topological polar surface area (TPSA) is 51.4 Å². The number of benzene rings is 1. The van der Waals surface area contributed by atoms with Crippen LogP contribution in [0.4, 0.5) is 11.4 Å². The summed E-state index contributed by atoms with van der Waals surface area (Å²) in [6, 6.07) is 8.06. The van der Waals surface area contributed by atoms with Crippen LogP contribution in [-0.4, -0.2) is 29.3 Å². The minimum atomic E-state index is -0.196. The zero-order chi connectivity index (χ0) is 15.3. The highest BCUT2D eigenvalue weighted by molar-refractivity contribution is 5.97. The molecule has 0 unspecified atom stereocenters. The fourth-order valence-electron chi connectivity index (χ4n) is 3.40. The molecule has 0 saturated carbocycles. The summed E-state index contributed by atoms with van der Waals surface area (Å²) in [4.78, 5) is 6.69. The predicted octanol–water partition coefficient (Wildman–Crippen LogP) is 3.21. The molecule has 21 heavy (non-hydrogen) atoms. The van der Waals surface area contributed by atoms with E-state index in [0.717, 1.165) is 35.4 Å². The van der Waals surface area contributed by atoms with Crippen molar-refractivity contribution in [2.24, 2.45) is 0 Å². The molecule has 2 N–H and O–H groups in total. The summed E-state index contributed by atoms with van der Waals surface area (Å²) in [5.41, 5.74) is 8.82. The maximum Gasteiger partial charge on any atom is 0.0808 e. The average Bonchev–Trinajstić information content (AvgIpc) is 2.35. The Hall–Kier alpha value is -1.81. The Morgan fingerprint density at radius 1 is 1.10 bits per heavy atom. The molecule has 1 aliphatic heterocycles. The van der Waals surface area contributed by atoms with Gasteiger partial charge in [0.05, 0.1) is 28.1 Å². The molecule has 1 aromatic heterocycles. The quantitative estimate of drug-likeness (QED) is 0.817. The highest BCUT2D eigenvalue weighted by Crippen LogP contribution is 2.36. The first-order valence-electron chi connectivity index (χ1n) is 7.36. The molecular formula is C17H23N3O. The largest absolute Gasteiger partial charge is 0.396 e. The maximum absolute atomic E-state index is 6.40. The Morgan fingerprint density at radius 2 is 1.76 bits per heavy atom. The van der Waals surface area contributed by atoms with Gasteiger partial charge in [-0.3, -0.25) is 4.98 Å². The third-order valence-corrected chi connectivity index (χ3v) is 3.84. The molecule has 0 bridgehead atoms. The predicted molar refractivity (Wildman–Crippen MR) is 87.6 cm³/mol. The lowest BCUT2D eigenvalue weighted by Crippen LogP contribution is -2.57. The number of ether oxygens (including phenoxy) is 1. The van der Waals surface area contributed by atoms with E-state index < -0.39 is 0 Å². The number of nitrogens with zero attached hydrogens (tertiary/aromatic N) is 2. The third-order valence-electron chi connectivity index (χ3n) is 3.84. The molecule has 0 spiro atoms. The normalized spacial score (nSPS) is 20.7. The van der Waals surface area contributed by atoms with Crippen molar-refractivity contribution in [3.63, 3.8) is 0 Å². The summed E-state index contributed by atoms with van der Waals surface area (Å²) in [6.07, 6.45) is 1.79. The van der Waals surface area contributed by atoms with Gasteiger partial charge in [0.25, 0.3) is 0 Å². The van der Waals surface area contributed by atoms with Crippen LogP contribution in [0.15, 0.2) is 30.5 Å². The van der Waals surface area contributed by atoms with E-state index in [0.29, 0.717) is 0 Å². The van der Waals surface area contributed by atoms with Crippen LogP contribution in [0.5, 0.6) is 0 Å². The first-order valence-corrected chi connectivity index (χ1v) is 7.36. The number of rotatable bonds is 1. The first-order chi connectivity index (χ1) is 9.77. The summed E-state index contributed by atoms with van der Waals surface area (Å²) in [5, 5.41) is 1.01. The van der Waals surface area contributed by atoms with E-state index in [1.165, 1.54) is 0 Å². The molecule has 2 aromatic rings. The summed E-state index contributed by atoms with van der Waals surface area (Å²) in [6.45, 7) is 10.2. The molecule has 1 aromatic carbocycles. The zero-order valence-corrected chi connectivity index (χ0v) is 13.2. The second kappa shape index (κ2) is 4.60. The van der Waals surface area contributed by atoms with Crippen LogP contribution in [0.2, 0.25) is 0 Å². The number of anilines is 2. The Bertz CT molecular complexity index is 663. The number of morpholine rings is 1. The van der Waals surface area contributed by atoms with Gasteiger partial charge in [-0.15, -0.1) is 0 Å². The number of nitrogen functional groups attached to an aromatic ring is 1. The van der Waals surface area contributed by atoms with Crippen molar-refractivity contribution in [1.29, 1.82) is 0 Å². The van der Waals surface area contributed by atoms with Gasteiger partial charge >= 0.3 is 0 Å². The van der Waals surface area contributed by atoms with Crippen LogP contribution in [0, 0.1) is 0 Å². The van der Waals surface area contributed by atoms with E-state index in [9.17, 15) is 0 Å². The van der Waals surface area contributed by atoms with Gasteiger partial charge in [-0.05, 0) is 52.0 Å². The molecule has 1 saturated heterocycles. The molecule has 0 atom stereocenters. The molecule has 2 heterocycles. The minimum Gasteiger partial charge on any atom is -0.396 e. The number of nitrogens with two attached hydrogens (primary N) is 1. The summed E-state index contributed by atoms with van der Waals surface area (Å²) in [7, 11) is 0. The van der Waals surface area contributed by atoms with Crippen LogP contribution in [-0.2, 0) is 4.74 Å². The molecular weight excluding hydrogens is 262 g/mol. The van der Waals surface area contributed by atoms with Crippen LogP contribution >= 0.6 is 0 Å². The summed E-state index contributed by atoms with van der Waals surface area (Å²) in [5.74, 6) is 0. The van der Waals surface area contributed by atoms with Crippen LogP contribution in [0.1, 0.15) is 27.7 Å². The van der Waals surface area contributed by atoms with E-state index in [1.807, 2.05) is 18.2 Å². The molecule has 1 fully saturated rings. The lowest BCUT2D eigenvalue weighted by Gasteiger charge is -2.48. The van der Waals surface area contributed by atoms with E-state index in [1.54, 1.807) is 6.20 Å². The summed E-state index contributed by atoms with van der Waals surface area (Å²) < 4.78 is 6.15. The highest BCUT2D eigenvalue weighted by atomic mass is 16.5.